The molecule has 0 saturated heterocycles. The molecular weight excluding hydrogens is 326 g/mol. The van der Waals surface area contributed by atoms with Crippen LogP contribution >= 0.6 is 0 Å². The highest BCUT2D eigenvalue weighted by Crippen LogP contribution is 2.48. The molecule has 2 N–H and O–H groups in total. The van der Waals surface area contributed by atoms with Crippen LogP contribution in [0.25, 0.3) is 0 Å². The standard InChI is InChI=1S/C22H39NO3/c1-4-21(25)23-15-5-6-16-26-20-13-9-18(10-14-20)22(2,3)17-7-11-19(24)12-8-17/h4,17-20,24H,1,5-16H2,2-3H3,(H,23,25). The van der Waals surface area contributed by atoms with Gasteiger partial charge in [0.1, 0.15) is 0 Å². The second-order valence-electron chi connectivity index (χ2n) is 8.87. The van der Waals surface area contributed by atoms with Gasteiger partial charge in [0, 0.05) is 13.2 Å². The van der Waals surface area contributed by atoms with E-state index in [4.69, 9.17) is 4.74 Å². The van der Waals surface area contributed by atoms with Gasteiger partial charge in [-0.3, -0.25) is 4.79 Å². The zero-order valence-electron chi connectivity index (χ0n) is 16.8. The third kappa shape index (κ3) is 6.38. The van der Waals surface area contributed by atoms with E-state index in [1.54, 1.807) is 0 Å². The Kier molecular flexibility index (Phi) is 8.62. The van der Waals surface area contributed by atoms with Crippen LogP contribution in [0.3, 0.4) is 0 Å². The molecular formula is C22H39NO3. The number of carbonyl (C=O) groups excluding carboxylic acids is 1. The second-order valence-corrected chi connectivity index (χ2v) is 8.87. The van der Waals surface area contributed by atoms with Gasteiger partial charge in [0.05, 0.1) is 12.2 Å². The molecule has 0 aliphatic heterocycles. The van der Waals surface area contributed by atoms with Crippen LogP contribution in [0.5, 0.6) is 0 Å². The molecule has 0 spiro atoms. The molecule has 2 saturated carbocycles. The highest BCUT2D eigenvalue weighted by Gasteiger charge is 2.40. The molecule has 2 aliphatic rings. The van der Waals surface area contributed by atoms with E-state index < -0.39 is 0 Å². The molecule has 4 nitrogen and oxygen atoms in total. The molecule has 4 heteroatoms. The molecule has 0 unspecified atom stereocenters. The van der Waals surface area contributed by atoms with Gasteiger partial charge >= 0.3 is 0 Å². The first kappa shape index (κ1) is 21.4. The van der Waals surface area contributed by atoms with Crippen molar-refractivity contribution in [3.8, 4) is 0 Å². The second kappa shape index (κ2) is 10.5. The molecule has 26 heavy (non-hydrogen) atoms. The third-order valence-corrected chi connectivity index (χ3v) is 6.88. The maximum atomic E-state index is 11.1. The molecule has 2 rings (SSSR count). The van der Waals surface area contributed by atoms with Crippen molar-refractivity contribution in [1.29, 1.82) is 0 Å². The van der Waals surface area contributed by atoms with E-state index in [9.17, 15) is 9.90 Å². The van der Waals surface area contributed by atoms with E-state index in [-0.39, 0.29) is 12.0 Å². The van der Waals surface area contributed by atoms with Gasteiger partial charge in [0.25, 0.3) is 0 Å². The number of nitrogens with one attached hydrogen (secondary N) is 1. The third-order valence-electron chi connectivity index (χ3n) is 6.88. The van der Waals surface area contributed by atoms with Crippen molar-refractivity contribution in [1.82, 2.24) is 5.32 Å². The SMILES string of the molecule is C=CC(=O)NCCCCOC1CCC(C(C)(C)C2CCC(O)CC2)CC1. The number of hydrogen-bond donors (Lipinski definition) is 2. The summed E-state index contributed by atoms with van der Waals surface area (Å²) in [7, 11) is 0. The zero-order valence-corrected chi connectivity index (χ0v) is 16.8. The van der Waals surface area contributed by atoms with Gasteiger partial charge in [0.2, 0.25) is 5.91 Å². The number of hydrogen-bond acceptors (Lipinski definition) is 3. The molecule has 0 aromatic carbocycles. The molecule has 2 aliphatic carbocycles. The van der Waals surface area contributed by atoms with Crippen molar-refractivity contribution in [2.45, 2.75) is 90.3 Å². The number of aliphatic hydroxyl groups is 1. The lowest BCUT2D eigenvalue weighted by atomic mass is 9.60. The number of unbranched alkanes of at least 4 members (excludes halogenated alkanes) is 1. The minimum absolute atomic E-state index is 0.0590. The monoisotopic (exact) mass is 365 g/mol. The lowest BCUT2D eigenvalue weighted by Crippen LogP contribution is -2.38. The number of rotatable bonds is 9. The topological polar surface area (TPSA) is 58.6 Å². The largest absolute Gasteiger partial charge is 0.393 e. The van der Waals surface area contributed by atoms with E-state index in [1.807, 2.05) is 0 Å². The number of amides is 1. The van der Waals surface area contributed by atoms with Crippen LogP contribution < -0.4 is 5.32 Å². The summed E-state index contributed by atoms with van der Waals surface area (Å²) >= 11 is 0. The van der Waals surface area contributed by atoms with E-state index in [2.05, 4.69) is 25.7 Å². The molecule has 0 aromatic heterocycles. The first-order valence-corrected chi connectivity index (χ1v) is 10.6. The Labute approximate surface area is 159 Å². The van der Waals surface area contributed by atoms with Crippen molar-refractivity contribution < 1.29 is 14.6 Å². The van der Waals surface area contributed by atoms with Crippen LogP contribution in [-0.4, -0.2) is 36.4 Å². The summed E-state index contributed by atoms with van der Waals surface area (Å²) in [4.78, 5) is 11.1. The van der Waals surface area contributed by atoms with Crippen LogP contribution in [0, 0.1) is 17.3 Å². The van der Waals surface area contributed by atoms with Gasteiger partial charge in [-0.1, -0.05) is 20.4 Å². The molecule has 0 bridgehead atoms. The molecule has 150 valence electrons. The average Bonchev–Trinajstić information content (AvgIpc) is 2.65. The summed E-state index contributed by atoms with van der Waals surface area (Å²) in [6, 6.07) is 0. The average molecular weight is 366 g/mol. The normalized spacial score (nSPS) is 30.0. The van der Waals surface area contributed by atoms with E-state index in [0.717, 1.165) is 44.1 Å². The lowest BCUT2D eigenvalue weighted by Gasteiger charge is -2.46. The fourth-order valence-electron chi connectivity index (χ4n) is 4.89. The molecule has 0 radical (unpaired) electrons. The highest BCUT2D eigenvalue weighted by atomic mass is 16.5. The van der Waals surface area contributed by atoms with Gasteiger partial charge in [-0.25, -0.2) is 0 Å². The Morgan fingerprint density at radius 2 is 1.65 bits per heavy atom. The Balaban J connectivity index is 1.61. The van der Waals surface area contributed by atoms with Crippen molar-refractivity contribution in [2.24, 2.45) is 17.3 Å². The summed E-state index contributed by atoms with van der Waals surface area (Å²) in [6.07, 6.45) is 12.9. The fourth-order valence-corrected chi connectivity index (χ4v) is 4.89. The predicted octanol–water partition coefficient (Wildman–Crippen LogP) is 4.22. The van der Waals surface area contributed by atoms with Gasteiger partial charge in [-0.15, -0.1) is 0 Å². The van der Waals surface area contributed by atoms with E-state index in [1.165, 1.54) is 44.6 Å². The maximum absolute atomic E-state index is 11.1. The van der Waals surface area contributed by atoms with Crippen molar-refractivity contribution >= 4 is 5.91 Å². The summed E-state index contributed by atoms with van der Waals surface area (Å²) in [5.41, 5.74) is 0.383. The van der Waals surface area contributed by atoms with Crippen LogP contribution in [-0.2, 0) is 9.53 Å². The quantitative estimate of drug-likeness (QED) is 0.475. The fraction of sp³-hybridized carbons (Fsp3) is 0.864. The van der Waals surface area contributed by atoms with Gasteiger partial charge in [-0.05, 0) is 87.5 Å². The van der Waals surface area contributed by atoms with Crippen LogP contribution in [0.15, 0.2) is 12.7 Å². The lowest BCUT2D eigenvalue weighted by molar-refractivity contribution is -0.116. The minimum atomic E-state index is -0.0978. The Hall–Kier alpha value is -0.870. The Morgan fingerprint density at radius 3 is 2.23 bits per heavy atom. The predicted molar refractivity (Wildman–Crippen MR) is 106 cm³/mol. The van der Waals surface area contributed by atoms with Gasteiger partial charge in [-0.2, -0.15) is 0 Å². The van der Waals surface area contributed by atoms with E-state index >= 15 is 0 Å². The summed E-state index contributed by atoms with van der Waals surface area (Å²) < 4.78 is 6.07. The summed E-state index contributed by atoms with van der Waals surface area (Å²) in [5, 5.41) is 12.6. The molecule has 2 fully saturated rings. The summed E-state index contributed by atoms with van der Waals surface area (Å²) in [5.74, 6) is 1.45. The molecule has 1 amide bonds. The van der Waals surface area contributed by atoms with Crippen molar-refractivity contribution in [3.05, 3.63) is 12.7 Å². The molecule has 0 atom stereocenters. The molecule has 0 heterocycles. The van der Waals surface area contributed by atoms with Crippen LogP contribution in [0.4, 0.5) is 0 Å². The Morgan fingerprint density at radius 1 is 1.08 bits per heavy atom. The number of carbonyl (C=O) groups is 1. The number of aliphatic hydroxyl groups excluding tert-OH is 1. The van der Waals surface area contributed by atoms with Crippen molar-refractivity contribution in [3.63, 3.8) is 0 Å². The van der Waals surface area contributed by atoms with Crippen LogP contribution in [0.1, 0.15) is 78.1 Å². The highest BCUT2D eigenvalue weighted by molar-refractivity contribution is 5.86. The van der Waals surface area contributed by atoms with Gasteiger partial charge in [0.15, 0.2) is 0 Å². The van der Waals surface area contributed by atoms with Crippen molar-refractivity contribution in [2.75, 3.05) is 13.2 Å². The summed E-state index contributed by atoms with van der Waals surface area (Å²) in [6.45, 7) is 9.85. The number of ether oxygens (including phenoxy) is 1. The van der Waals surface area contributed by atoms with E-state index in [0.29, 0.717) is 18.1 Å². The minimum Gasteiger partial charge on any atom is -0.393 e. The smallest absolute Gasteiger partial charge is 0.243 e. The Bertz CT molecular complexity index is 433. The first-order chi connectivity index (χ1) is 12.4. The maximum Gasteiger partial charge on any atom is 0.243 e. The van der Waals surface area contributed by atoms with Gasteiger partial charge < -0.3 is 15.2 Å². The molecule has 0 aromatic rings. The first-order valence-electron chi connectivity index (χ1n) is 10.6. The zero-order chi connectivity index (χ0) is 19.0. The van der Waals surface area contributed by atoms with Crippen LogP contribution in [0.2, 0.25) is 0 Å².